The molecule has 2 saturated carbocycles. The fourth-order valence-electron chi connectivity index (χ4n) is 6.14. The van der Waals surface area contributed by atoms with Gasteiger partial charge >= 0.3 is 17.9 Å². The van der Waals surface area contributed by atoms with Gasteiger partial charge in [-0.1, -0.05) is 0 Å². The summed E-state index contributed by atoms with van der Waals surface area (Å²) in [4.78, 5) is 50.4. The van der Waals surface area contributed by atoms with E-state index in [0.717, 1.165) is 51.4 Å². The summed E-state index contributed by atoms with van der Waals surface area (Å²) in [5.74, 6) is 0.345. The number of hydrogen-bond donors (Lipinski definition) is 1. The van der Waals surface area contributed by atoms with E-state index >= 15 is 0 Å². The van der Waals surface area contributed by atoms with E-state index in [4.69, 9.17) is 14.2 Å². The number of hydrogen-bond acceptors (Lipinski definition) is 8. The zero-order valence-electron chi connectivity index (χ0n) is 22.2. The first kappa shape index (κ1) is 28.4. The molecule has 1 amide bonds. The molecule has 3 fully saturated rings. The van der Waals surface area contributed by atoms with Crippen LogP contribution in [0, 0.1) is 11.8 Å². The second kappa shape index (κ2) is 14.0. The maximum Gasteiger partial charge on any atom is 0.329 e. The van der Waals surface area contributed by atoms with E-state index in [0.29, 0.717) is 25.0 Å². The lowest BCUT2D eigenvalue weighted by Crippen LogP contribution is -2.61. The summed E-state index contributed by atoms with van der Waals surface area (Å²) in [7, 11) is 0. The van der Waals surface area contributed by atoms with Crippen LogP contribution in [0.4, 0.5) is 0 Å². The fraction of sp³-hybridized carbons (Fsp3) is 0.852. The maximum absolute atomic E-state index is 12.4. The van der Waals surface area contributed by atoms with Crippen molar-refractivity contribution in [3.05, 3.63) is 0 Å². The van der Waals surface area contributed by atoms with E-state index in [1.165, 1.54) is 6.42 Å². The highest BCUT2D eigenvalue weighted by Crippen LogP contribution is 2.39. The van der Waals surface area contributed by atoms with Crippen LogP contribution in [0.1, 0.15) is 91.4 Å². The molecular weight excluding hydrogens is 464 g/mol. The molecule has 2 aliphatic carbocycles. The molecule has 1 saturated heterocycles. The number of likely N-dealkylation sites (tertiary alicyclic amines) is 1. The number of rotatable bonds is 12. The van der Waals surface area contributed by atoms with E-state index < -0.39 is 12.0 Å². The zero-order chi connectivity index (χ0) is 26.1. The Morgan fingerprint density at radius 2 is 1.44 bits per heavy atom. The van der Waals surface area contributed by atoms with Gasteiger partial charge in [0, 0.05) is 12.1 Å². The average Bonchev–Trinajstić information content (AvgIpc) is 2.85. The second-order valence-electron chi connectivity index (χ2n) is 10.4. The summed E-state index contributed by atoms with van der Waals surface area (Å²) < 4.78 is 15.3. The van der Waals surface area contributed by atoms with Gasteiger partial charge in [-0.25, -0.2) is 4.79 Å². The number of amides is 1. The van der Waals surface area contributed by atoms with Crippen LogP contribution in [0.2, 0.25) is 0 Å². The highest BCUT2D eigenvalue weighted by Gasteiger charge is 2.46. The average molecular weight is 509 g/mol. The van der Waals surface area contributed by atoms with Crippen LogP contribution < -0.4 is 5.32 Å². The highest BCUT2D eigenvalue weighted by molar-refractivity contribution is 5.95. The van der Waals surface area contributed by atoms with Crippen LogP contribution in [-0.4, -0.2) is 72.7 Å². The Balaban J connectivity index is 1.40. The molecule has 3 rings (SSSR count). The Morgan fingerprint density at radius 3 is 2.00 bits per heavy atom. The highest BCUT2D eigenvalue weighted by atomic mass is 16.5. The third-order valence-corrected chi connectivity index (χ3v) is 7.96. The lowest BCUT2D eigenvalue weighted by molar-refractivity contribution is -0.170. The van der Waals surface area contributed by atoms with E-state index in [1.54, 1.807) is 25.7 Å². The number of nitrogens with one attached hydrogen (secondary N) is 1. The van der Waals surface area contributed by atoms with E-state index in [1.807, 2.05) is 0 Å². The molecule has 3 aliphatic rings. The Morgan fingerprint density at radius 1 is 0.861 bits per heavy atom. The minimum atomic E-state index is -0.663. The van der Waals surface area contributed by atoms with Gasteiger partial charge in [0.2, 0.25) is 5.91 Å². The van der Waals surface area contributed by atoms with Crippen LogP contribution >= 0.6 is 0 Å². The van der Waals surface area contributed by atoms with Crippen LogP contribution in [-0.2, 0) is 33.4 Å². The summed E-state index contributed by atoms with van der Waals surface area (Å²) in [6.07, 6.45) is 9.71. The van der Waals surface area contributed by atoms with Gasteiger partial charge in [0.25, 0.3) is 0 Å². The SMILES string of the molecule is CCOC(=O)CC(NC1CCC(CC2CCC(N3C(=O)CC3C(=O)OCC)CC2)CC1)C(=O)OCC. The van der Waals surface area contributed by atoms with Gasteiger partial charge in [-0.05, 0) is 90.4 Å². The largest absolute Gasteiger partial charge is 0.466 e. The Labute approximate surface area is 215 Å². The quantitative estimate of drug-likeness (QED) is 0.243. The molecule has 204 valence electrons. The number of esters is 3. The molecule has 36 heavy (non-hydrogen) atoms. The van der Waals surface area contributed by atoms with Crippen molar-refractivity contribution in [2.24, 2.45) is 11.8 Å². The number of carbonyl (C=O) groups excluding carboxylic acids is 4. The molecule has 2 atom stereocenters. The third kappa shape index (κ3) is 7.67. The van der Waals surface area contributed by atoms with Gasteiger partial charge in [0.1, 0.15) is 12.1 Å². The first-order valence-electron chi connectivity index (χ1n) is 13.9. The zero-order valence-corrected chi connectivity index (χ0v) is 22.2. The summed E-state index contributed by atoms with van der Waals surface area (Å²) in [6.45, 7) is 6.23. The molecule has 1 aliphatic heterocycles. The molecule has 1 N–H and O–H groups in total. The molecule has 9 nitrogen and oxygen atoms in total. The van der Waals surface area contributed by atoms with Crippen molar-refractivity contribution in [2.75, 3.05) is 19.8 Å². The van der Waals surface area contributed by atoms with Crippen molar-refractivity contribution >= 4 is 23.8 Å². The van der Waals surface area contributed by atoms with Crippen molar-refractivity contribution in [3.8, 4) is 0 Å². The Hall–Kier alpha value is -2.16. The first-order valence-corrected chi connectivity index (χ1v) is 13.9. The molecule has 1 heterocycles. The summed E-state index contributed by atoms with van der Waals surface area (Å²) in [5.41, 5.74) is 0. The summed E-state index contributed by atoms with van der Waals surface area (Å²) >= 11 is 0. The first-order chi connectivity index (χ1) is 17.4. The smallest absolute Gasteiger partial charge is 0.329 e. The minimum absolute atomic E-state index is 0.00755. The third-order valence-electron chi connectivity index (χ3n) is 7.96. The van der Waals surface area contributed by atoms with E-state index in [9.17, 15) is 19.2 Å². The Bertz CT molecular complexity index is 757. The molecule has 0 spiro atoms. The van der Waals surface area contributed by atoms with Crippen LogP contribution in [0.3, 0.4) is 0 Å². The van der Waals surface area contributed by atoms with Crippen LogP contribution in [0.15, 0.2) is 0 Å². The van der Waals surface area contributed by atoms with E-state index in [2.05, 4.69) is 5.32 Å². The van der Waals surface area contributed by atoms with Crippen LogP contribution in [0.5, 0.6) is 0 Å². The van der Waals surface area contributed by atoms with Gasteiger partial charge in [-0.2, -0.15) is 0 Å². The molecule has 0 bridgehead atoms. The fourth-order valence-corrected chi connectivity index (χ4v) is 6.14. The lowest BCUT2D eigenvalue weighted by Gasteiger charge is -2.46. The van der Waals surface area contributed by atoms with Gasteiger partial charge < -0.3 is 24.4 Å². The second-order valence-corrected chi connectivity index (χ2v) is 10.4. The predicted octanol–water partition coefficient (Wildman–Crippen LogP) is 3.13. The van der Waals surface area contributed by atoms with Crippen molar-refractivity contribution in [3.63, 3.8) is 0 Å². The van der Waals surface area contributed by atoms with Gasteiger partial charge in [-0.15, -0.1) is 0 Å². The van der Waals surface area contributed by atoms with Crippen molar-refractivity contribution < 1.29 is 33.4 Å². The van der Waals surface area contributed by atoms with Gasteiger partial charge in [-0.3, -0.25) is 14.4 Å². The number of β-lactam (4-membered cyclic amide) rings is 1. The number of ether oxygens (including phenoxy) is 3. The topological polar surface area (TPSA) is 111 Å². The minimum Gasteiger partial charge on any atom is -0.466 e. The van der Waals surface area contributed by atoms with Gasteiger partial charge in [0.05, 0.1) is 32.7 Å². The van der Waals surface area contributed by atoms with Crippen LogP contribution in [0.25, 0.3) is 0 Å². The summed E-state index contributed by atoms with van der Waals surface area (Å²) in [6, 6.07) is -0.693. The molecule has 0 aromatic carbocycles. The normalized spacial score (nSPS) is 29.1. The standard InChI is InChI=1S/C27H44N2O7/c1-4-34-25(31)16-22(26(32)35-5-2)28-20-11-7-18(8-12-20)15-19-9-13-21(14-10-19)29-23(17-24(29)30)27(33)36-6-3/h18-23,28H,4-17H2,1-3H3. The molecule has 9 heteroatoms. The lowest BCUT2D eigenvalue weighted by atomic mass is 9.75. The molecular formula is C27H44N2O7. The van der Waals surface area contributed by atoms with Crippen molar-refractivity contribution in [1.82, 2.24) is 10.2 Å². The molecule has 0 aromatic heterocycles. The van der Waals surface area contributed by atoms with Crippen molar-refractivity contribution in [2.45, 2.75) is 116 Å². The molecule has 0 aromatic rings. The summed E-state index contributed by atoms with van der Waals surface area (Å²) in [5, 5.41) is 3.36. The molecule has 0 radical (unpaired) electrons. The van der Waals surface area contributed by atoms with E-state index in [-0.39, 0.29) is 55.4 Å². The number of carbonyl (C=O) groups is 4. The predicted molar refractivity (Wildman–Crippen MR) is 133 cm³/mol. The van der Waals surface area contributed by atoms with Crippen molar-refractivity contribution in [1.29, 1.82) is 0 Å². The monoisotopic (exact) mass is 508 g/mol. The number of nitrogens with zero attached hydrogens (tertiary/aromatic N) is 1. The maximum atomic E-state index is 12.4. The van der Waals surface area contributed by atoms with Gasteiger partial charge in [0.15, 0.2) is 0 Å². The molecule has 2 unspecified atom stereocenters. The Kier molecular flexibility index (Phi) is 11.0.